The van der Waals surface area contributed by atoms with Crippen LogP contribution in [0.5, 0.6) is 0 Å². The molecule has 9 rings (SSSR count). The molecule has 2 atom stereocenters. The van der Waals surface area contributed by atoms with Crippen molar-refractivity contribution in [2.45, 2.75) is 80.6 Å². The summed E-state index contributed by atoms with van der Waals surface area (Å²) in [6, 6.07) is 48.0. The van der Waals surface area contributed by atoms with Crippen LogP contribution in [0.2, 0.25) is 0 Å². The summed E-state index contributed by atoms with van der Waals surface area (Å²) in [5.74, 6) is -0.730. The second-order valence-electron chi connectivity index (χ2n) is 19.0. The van der Waals surface area contributed by atoms with Crippen molar-refractivity contribution in [1.29, 1.82) is 0 Å². The highest BCUT2D eigenvalue weighted by atomic mass is 32.2. The Balaban J connectivity index is 1.03. The summed E-state index contributed by atoms with van der Waals surface area (Å²) >= 11 is 4.20. The van der Waals surface area contributed by atoms with Crippen molar-refractivity contribution in [2.24, 2.45) is 5.16 Å². The third-order valence-electron chi connectivity index (χ3n) is 12.6. The molecule has 0 saturated carbocycles. The molecule has 2 aliphatic rings. The van der Waals surface area contributed by atoms with E-state index in [9.17, 15) is 14.4 Å². The SMILES string of the molecule is Cc1sc(N)nc1/C(=N/OC(c1ccccc1)(c1ccccc1)c1ccccc1)C(=O)N[C@H]1C(=O)N2C(C(=O)OC(c3ccccc3)c3ccccc3)=C(Sc3ccncc3CSCCNC(=O)OC(C)(C)C)CCC12. The van der Waals surface area contributed by atoms with Crippen LogP contribution in [0.15, 0.2) is 191 Å². The van der Waals surface area contributed by atoms with Gasteiger partial charge in [-0.15, -0.1) is 11.3 Å². The van der Waals surface area contributed by atoms with Gasteiger partial charge in [0.05, 0.1) is 6.04 Å². The van der Waals surface area contributed by atoms with E-state index in [0.717, 1.165) is 38.3 Å². The average Bonchev–Trinajstić information content (AvgIpc) is 3.85. The summed E-state index contributed by atoms with van der Waals surface area (Å²) in [7, 11) is 0. The molecule has 7 aromatic rings. The van der Waals surface area contributed by atoms with Crippen LogP contribution < -0.4 is 16.4 Å². The molecule has 76 heavy (non-hydrogen) atoms. The van der Waals surface area contributed by atoms with Crippen LogP contribution in [-0.4, -0.2) is 74.4 Å². The molecule has 3 amide bonds. The number of nitrogen functional groups attached to an aromatic ring is 1. The lowest BCUT2D eigenvalue weighted by Gasteiger charge is -2.50. The second-order valence-corrected chi connectivity index (χ2v) is 22.5. The maximum atomic E-state index is 15.1. The van der Waals surface area contributed by atoms with E-state index in [0.29, 0.717) is 40.7 Å². The molecule has 14 nitrogen and oxygen atoms in total. The molecule has 1 fully saturated rings. The first-order valence-electron chi connectivity index (χ1n) is 24.8. The number of benzene rings is 5. The number of hydrogen-bond acceptors (Lipinski definition) is 14. The second kappa shape index (κ2) is 23.9. The normalized spacial score (nSPS) is 15.6. The lowest BCUT2D eigenvalue weighted by atomic mass is 9.80. The molecular weight excluding hydrogens is 1010 g/mol. The van der Waals surface area contributed by atoms with E-state index in [2.05, 4.69) is 20.6 Å². The number of nitrogens with two attached hydrogens (primary N) is 1. The minimum absolute atomic E-state index is 0.101. The van der Waals surface area contributed by atoms with E-state index in [1.165, 1.54) is 28.0 Å². The Morgan fingerprint density at radius 2 is 1.39 bits per heavy atom. The van der Waals surface area contributed by atoms with Gasteiger partial charge < -0.3 is 30.7 Å². The van der Waals surface area contributed by atoms with Crippen LogP contribution in [0.4, 0.5) is 9.93 Å². The van der Waals surface area contributed by atoms with E-state index in [1.54, 1.807) is 31.1 Å². The number of thioether (sulfide) groups is 2. The van der Waals surface area contributed by atoms with E-state index >= 15 is 4.79 Å². The number of hydrogen-bond donors (Lipinski definition) is 3. The fraction of sp³-hybridized carbons (Fsp3) is 0.237. The fourth-order valence-corrected chi connectivity index (χ4v) is 11.9. The minimum atomic E-state index is -1.34. The number of β-lactam (4-membered cyclic amide) rings is 1. The number of alkyl carbamates (subject to hydrolysis) is 1. The lowest BCUT2D eigenvalue weighted by molar-refractivity contribution is -0.158. The topological polar surface area (TPSA) is 187 Å². The van der Waals surface area contributed by atoms with Crippen molar-refractivity contribution < 1.29 is 33.5 Å². The molecule has 5 aromatic carbocycles. The number of nitrogens with zero attached hydrogens (tertiary/aromatic N) is 4. The Hall–Kier alpha value is -7.73. The Morgan fingerprint density at radius 1 is 0.829 bits per heavy atom. The largest absolute Gasteiger partial charge is 0.448 e. The van der Waals surface area contributed by atoms with Crippen LogP contribution in [0.3, 0.4) is 0 Å². The van der Waals surface area contributed by atoms with E-state index in [1.807, 2.05) is 178 Å². The maximum Gasteiger partial charge on any atom is 0.407 e. The molecule has 4 heterocycles. The van der Waals surface area contributed by atoms with Gasteiger partial charge in [-0.05, 0) is 63.3 Å². The third kappa shape index (κ3) is 12.0. The number of anilines is 1. The number of pyridine rings is 1. The van der Waals surface area contributed by atoms with Gasteiger partial charge in [0.2, 0.25) is 5.60 Å². The molecule has 17 heteroatoms. The van der Waals surface area contributed by atoms with Gasteiger partial charge >= 0.3 is 12.1 Å². The summed E-state index contributed by atoms with van der Waals surface area (Å²) in [6.07, 6.45) is 2.98. The Morgan fingerprint density at radius 3 is 1.93 bits per heavy atom. The Labute approximate surface area is 454 Å². The number of carbonyl (C=O) groups excluding carboxylic acids is 4. The predicted octanol–water partition coefficient (Wildman–Crippen LogP) is 10.7. The van der Waals surface area contributed by atoms with E-state index in [-0.39, 0.29) is 22.2 Å². The van der Waals surface area contributed by atoms with Crippen molar-refractivity contribution >= 4 is 69.6 Å². The van der Waals surface area contributed by atoms with E-state index < -0.39 is 53.3 Å². The first-order chi connectivity index (χ1) is 36.8. The van der Waals surface area contributed by atoms with Gasteiger partial charge in [-0.1, -0.05) is 169 Å². The van der Waals surface area contributed by atoms with Crippen LogP contribution in [-0.2, 0) is 40.0 Å². The first kappa shape index (κ1) is 53.1. The number of rotatable bonds is 19. The van der Waals surface area contributed by atoms with Crippen LogP contribution in [0.1, 0.15) is 83.7 Å². The summed E-state index contributed by atoms with van der Waals surface area (Å²) in [5, 5.41) is 10.7. The average molecular weight is 1070 g/mol. The summed E-state index contributed by atoms with van der Waals surface area (Å²) < 4.78 is 11.9. The van der Waals surface area contributed by atoms with E-state index in [4.69, 9.17) is 25.2 Å². The van der Waals surface area contributed by atoms with Gasteiger partial charge in [0.1, 0.15) is 23.0 Å². The summed E-state index contributed by atoms with van der Waals surface area (Å²) in [4.78, 5) is 76.5. The molecular formula is C59H57N7O7S3. The molecule has 4 N–H and O–H groups in total. The fourth-order valence-electron chi connectivity index (χ4n) is 9.17. The highest BCUT2D eigenvalue weighted by Gasteiger charge is 2.54. The number of nitrogens with one attached hydrogen (secondary N) is 2. The number of aromatic nitrogens is 2. The highest BCUT2D eigenvalue weighted by molar-refractivity contribution is 8.03. The predicted molar refractivity (Wildman–Crippen MR) is 298 cm³/mol. The van der Waals surface area contributed by atoms with Gasteiger partial charge in [-0.25, -0.2) is 14.6 Å². The minimum Gasteiger partial charge on any atom is -0.448 e. The molecule has 1 saturated heterocycles. The first-order valence-corrected chi connectivity index (χ1v) is 27.6. The van der Waals surface area contributed by atoms with Crippen molar-refractivity contribution in [3.8, 4) is 0 Å². The van der Waals surface area contributed by atoms with Gasteiger partial charge in [0.15, 0.2) is 16.9 Å². The van der Waals surface area contributed by atoms with Crippen molar-refractivity contribution in [2.75, 3.05) is 18.0 Å². The zero-order valence-electron chi connectivity index (χ0n) is 42.4. The van der Waals surface area contributed by atoms with Crippen LogP contribution >= 0.6 is 34.9 Å². The maximum absolute atomic E-state index is 15.1. The van der Waals surface area contributed by atoms with Crippen LogP contribution in [0, 0.1) is 6.92 Å². The molecule has 388 valence electrons. The lowest BCUT2D eigenvalue weighted by Crippen LogP contribution is -2.72. The number of fused-ring (bicyclic) bond motifs is 1. The zero-order valence-corrected chi connectivity index (χ0v) is 44.8. The Kier molecular flexibility index (Phi) is 16.7. The molecule has 2 aromatic heterocycles. The number of carbonyl (C=O) groups is 4. The van der Waals surface area contributed by atoms with Crippen LogP contribution in [0.25, 0.3) is 0 Å². The zero-order chi connectivity index (χ0) is 53.2. The number of aryl methyl sites for hydroxylation is 1. The van der Waals surface area contributed by atoms with Gasteiger partial charge in [0, 0.05) is 61.8 Å². The van der Waals surface area contributed by atoms with Crippen molar-refractivity contribution in [3.63, 3.8) is 0 Å². The number of amides is 3. The third-order valence-corrected chi connectivity index (χ3v) is 15.7. The molecule has 0 aliphatic carbocycles. The smallest absolute Gasteiger partial charge is 0.407 e. The van der Waals surface area contributed by atoms with Gasteiger partial charge in [-0.2, -0.15) is 11.8 Å². The highest BCUT2D eigenvalue weighted by Crippen LogP contribution is 2.46. The van der Waals surface area contributed by atoms with Gasteiger partial charge in [-0.3, -0.25) is 19.5 Å². The standard InChI is InChI=1S/C59H57N7O7S3/c1-38-48(64-56(60)75-38)50(65-73-59(42-24-14-7-15-25-42,43-26-16-8-17-27-43)44-28-18-9-19-29-44)53(67)63-49-45-30-31-47(76-46-32-33-61-36-41(46)37-74-35-34-62-57(70)72-58(2,3)4)51(66(45)54(49)68)55(69)71-52(39-20-10-5-11-21-39)40-22-12-6-13-23-40/h5-29,32-33,36,45,49,52H,30-31,34-35,37H2,1-4H3,(H2,60,64)(H,62,70)(H,63,67)/b65-50-/t45?,49-/m1/s1. The number of thiazole rings is 1. The molecule has 1 unspecified atom stereocenters. The van der Waals surface area contributed by atoms with Gasteiger partial charge in [0.25, 0.3) is 11.8 Å². The molecule has 0 radical (unpaired) electrons. The monoisotopic (exact) mass is 1070 g/mol. The molecule has 2 aliphatic heterocycles. The van der Waals surface area contributed by atoms with Crippen molar-refractivity contribution in [3.05, 3.63) is 225 Å². The molecule has 0 bridgehead atoms. The summed E-state index contributed by atoms with van der Waals surface area (Å²) in [6.45, 7) is 7.64. The van der Waals surface area contributed by atoms with Crippen molar-refractivity contribution in [1.82, 2.24) is 25.5 Å². The number of oxime groups is 1. The number of esters is 1. The molecule has 0 spiro atoms. The number of ether oxygens (including phenoxy) is 2. The number of allylic oxidation sites excluding steroid dienone is 1. The summed E-state index contributed by atoms with van der Waals surface area (Å²) in [5.41, 5.74) is 9.12. The quantitative estimate of drug-likeness (QED) is 0.0174. The Bertz CT molecular complexity index is 3090.